The monoisotopic (exact) mass is 157 g/mol. The molecular weight excluding hydrogens is 142 g/mol. The van der Waals surface area contributed by atoms with Crippen molar-refractivity contribution in [2.75, 3.05) is 13.2 Å². The van der Waals surface area contributed by atoms with Crippen LogP contribution < -0.4 is 5.32 Å². The molecule has 11 heavy (non-hydrogen) atoms. The summed E-state index contributed by atoms with van der Waals surface area (Å²) < 4.78 is 4.93. The van der Waals surface area contributed by atoms with E-state index in [-0.39, 0.29) is 5.97 Å². The number of ether oxygens (including phenoxy) is 1. The molecule has 1 rings (SSSR count). The Morgan fingerprint density at radius 3 is 2.91 bits per heavy atom. The summed E-state index contributed by atoms with van der Waals surface area (Å²) in [5.41, 5.74) is -0.407. The molecule has 0 aromatic heterocycles. The first-order chi connectivity index (χ1) is 5.19. The second-order valence-corrected chi connectivity index (χ2v) is 3.08. The smallest absolute Gasteiger partial charge is 0.326 e. The fraction of sp³-hybridized carbons (Fsp3) is 0.875. The molecule has 1 aliphatic heterocycles. The highest BCUT2D eigenvalue weighted by molar-refractivity contribution is 5.80. The molecule has 0 spiro atoms. The maximum Gasteiger partial charge on any atom is 0.326 e. The molecule has 1 fully saturated rings. The van der Waals surface area contributed by atoms with E-state index in [2.05, 4.69) is 5.32 Å². The SMILES string of the molecule is CCOC(=O)[C@@]1(C)CCCN1. The molecule has 0 amide bonds. The highest BCUT2D eigenvalue weighted by Crippen LogP contribution is 2.19. The van der Waals surface area contributed by atoms with Crippen LogP contribution >= 0.6 is 0 Å². The van der Waals surface area contributed by atoms with Crippen LogP contribution in [0.25, 0.3) is 0 Å². The van der Waals surface area contributed by atoms with Crippen molar-refractivity contribution in [3.63, 3.8) is 0 Å². The van der Waals surface area contributed by atoms with Crippen LogP contribution in [0.5, 0.6) is 0 Å². The molecule has 1 heterocycles. The van der Waals surface area contributed by atoms with Gasteiger partial charge in [0.15, 0.2) is 0 Å². The van der Waals surface area contributed by atoms with E-state index in [4.69, 9.17) is 4.74 Å². The fourth-order valence-electron chi connectivity index (χ4n) is 1.36. The Kier molecular flexibility index (Phi) is 2.49. The van der Waals surface area contributed by atoms with Gasteiger partial charge in [-0.25, -0.2) is 0 Å². The lowest BCUT2D eigenvalue weighted by molar-refractivity contribution is -0.149. The average molecular weight is 157 g/mol. The van der Waals surface area contributed by atoms with Crippen molar-refractivity contribution in [2.24, 2.45) is 0 Å². The minimum atomic E-state index is -0.407. The summed E-state index contributed by atoms with van der Waals surface area (Å²) in [6.45, 7) is 5.12. The van der Waals surface area contributed by atoms with E-state index >= 15 is 0 Å². The summed E-state index contributed by atoms with van der Waals surface area (Å²) in [5, 5.41) is 3.14. The number of rotatable bonds is 2. The summed E-state index contributed by atoms with van der Waals surface area (Å²) in [4.78, 5) is 11.3. The van der Waals surface area contributed by atoms with Crippen molar-refractivity contribution in [1.29, 1.82) is 0 Å². The summed E-state index contributed by atoms with van der Waals surface area (Å²) in [5.74, 6) is -0.113. The maximum absolute atomic E-state index is 11.3. The lowest BCUT2D eigenvalue weighted by Gasteiger charge is -2.21. The molecule has 1 atom stereocenters. The molecule has 0 bridgehead atoms. The molecule has 0 aromatic carbocycles. The normalized spacial score (nSPS) is 30.4. The Morgan fingerprint density at radius 1 is 1.73 bits per heavy atom. The van der Waals surface area contributed by atoms with Gasteiger partial charge in [0.25, 0.3) is 0 Å². The zero-order chi connectivity index (χ0) is 8.32. The lowest BCUT2D eigenvalue weighted by atomic mass is 10.0. The van der Waals surface area contributed by atoms with Gasteiger partial charge in [-0.05, 0) is 33.2 Å². The molecule has 0 saturated carbocycles. The third kappa shape index (κ3) is 1.71. The van der Waals surface area contributed by atoms with E-state index in [1.807, 2.05) is 13.8 Å². The van der Waals surface area contributed by atoms with Crippen LogP contribution in [0.15, 0.2) is 0 Å². The van der Waals surface area contributed by atoms with Gasteiger partial charge in [0.2, 0.25) is 0 Å². The summed E-state index contributed by atoms with van der Waals surface area (Å²) >= 11 is 0. The topological polar surface area (TPSA) is 38.3 Å². The largest absolute Gasteiger partial charge is 0.465 e. The van der Waals surface area contributed by atoms with Crippen molar-refractivity contribution >= 4 is 5.97 Å². The summed E-state index contributed by atoms with van der Waals surface area (Å²) in [6, 6.07) is 0. The number of nitrogens with one attached hydrogen (secondary N) is 1. The minimum Gasteiger partial charge on any atom is -0.465 e. The fourth-order valence-corrected chi connectivity index (χ4v) is 1.36. The van der Waals surface area contributed by atoms with E-state index in [0.29, 0.717) is 6.61 Å². The zero-order valence-electron chi connectivity index (χ0n) is 7.14. The van der Waals surface area contributed by atoms with Crippen molar-refractivity contribution < 1.29 is 9.53 Å². The van der Waals surface area contributed by atoms with Crippen molar-refractivity contribution in [3.05, 3.63) is 0 Å². The molecule has 0 radical (unpaired) electrons. The van der Waals surface area contributed by atoms with E-state index in [1.165, 1.54) is 0 Å². The summed E-state index contributed by atoms with van der Waals surface area (Å²) in [6.07, 6.45) is 1.96. The van der Waals surface area contributed by atoms with Crippen LogP contribution in [0.1, 0.15) is 26.7 Å². The molecule has 64 valence electrons. The number of hydrogen-bond acceptors (Lipinski definition) is 3. The third-order valence-electron chi connectivity index (χ3n) is 2.09. The van der Waals surface area contributed by atoms with Crippen LogP contribution in [0.4, 0.5) is 0 Å². The van der Waals surface area contributed by atoms with Crippen LogP contribution in [0, 0.1) is 0 Å². The Bertz CT molecular complexity index is 150. The molecule has 0 aromatic rings. The first-order valence-corrected chi connectivity index (χ1v) is 4.11. The average Bonchev–Trinajstić information content (AvgIpc) is 2.38. The van der Waals surface area contributed by atoms with Gasteiger partial charge >= 0.3 is 5.97 Å². The molecule has 1 saturated heterocycles. The molecule has 0 aliphatic carbocycles. The first-order valence-electron chi connectivity index (χ1n) is 4.11. The quantitative estimate of drug-likeness (QED) is 0.599. The van der Waals surface area contributed by atoms with Crippen LogP contribution in [-0.4, -0.2) is 24.7 Å². The van der Waals surface area contributed by atoms with E-state index in [9.17, 15) is 4.79 Å². The highest BCUT2D eigenvalue weighted by Gasteiger charge is 2.36. The molecule has 3 nitrogen and oxygen atoms in total. The predicted molar refractivity (Wildman–Crippen MR) is 42.3 cm³/mol. The standard InChI is InChI=1S/C8H15NO2/c1-3-11-7(10)8(2)5-4-6-9-8/h9H,3-6H2,1-2H3/t8-/m1/s1. The van der Waals surface area contributed by atoms with E-state index < -0.39 is 5.54 Å². The van der Waals surface area contributed by atoms with E-state index in [1.54, 1.807) is 0 Å². The van der Waals surface area contributed by atoms with E-state index in [0.717, 1.165) is 19.4 Å². The van der Waals surface area contributed by atoms with Crippen molar-refractivity contribution in [3.8, 4) is 0 Å². The molecule has 1 aliphatic rings. The molecule has 0 unspecified atom stereocenters. The van der Waals surface area contributed by atoms with Gasteiger partial charge in [-0.3, -0.25) is 4.79 Å². The predicted octanol–water partition coefficient (Wildman–Crippen LogP) is 0.692. The third-order valence-corrected chi connectivity index (χ3v) is 2.09. The van der Waals surface area contributed by atoms with Gasteiger partial charge in [-0.2, -0.15) is 0 Å². The first kappa shape index (κ1) is 8.53. The number of esters is 1. The zero-order valence-corrected chi connectivity index (χ0v) is 7.14. The van der Waals surface area contributed by atoms with Gasteiger partial charge in [-0.1, -0.05) is 0 Å². The van der Waals surface area contributed by atoms with Crippen LogP contribution in [0.2, 0.25) is 0 Å². The van der Waals surface area contributed by atoms with Gasteiger partial charge in [0.05, 0.1) is 6.61 Å². The lowest BCUT2D eigenvalue weighted by Crippen LogP contribution is -2.45. The number of hydrogen-bond donors (Lipinski definition) is 1. The van der Waals surface area contributed by atoms with Gasteiger partial charge in [-0.15, -0.1) is 0 Å². The Balaban J connectivity index is 2.49. The van der Waals surface area contributed by atoms with Crippen LogP contribution in [-0.2, 0) is 9.53 Å². The Labute approximate surface area is 67.1 Å². The number of carbonyl (C=O) groups excluding carboxylic acids is 1. The van der Waals surface area contributed by atoms with Crippen molar-refractivity contribution in [1.82, 2.24) is 5.32 Å². The van der Waals surface area contributed by atoms with Gasteiger partial charge in [0, 0.05) is 0 Å². The molecule has 3 heteroatoms. The minimum absolute atomic E-state index is 0.113. The summed E-state index contributed by atoms with van der Waals surface area (Å²) in [7, 11) is 0. The number of carbonyl (C=O) groups is 1. The van der Waals surface area contributed by atoms with Crippen LogP contribution in [0.3, 0.4) is 0 Å². The Hall–Kier alpha value is -0.570. The molecule has 1 N–H and O–H groups in total. The highest BCUT2D eigenvalue weighted by atomic mass is 16.5. The molecular formula is C8H15NO2. The van der Waals surface area contributed by atoms with Gasteiger partial charge in [0.1, 0.15) is 5.54 Å². The van der Waals surface area contributed by atoms with Crippen molar-refractivity contribution in [2.45, 2.75) is 32.2 Å². The van der Waals surface area contributed by atoms with Gasteiger partial charge < -0.3 is 10.1 Å². The maximum atomic E-state index is 11.3. The Morgan fingerprint density at radius 2 is 2.45 bits per heavy atom. The second kappa shape index (κ2) is 3.22. The second-order valence-electron chi connectivity index (χ2n) is 3.08.